The molecule has 0 radical (unpaired) electrons. The Labute approximate surface area is 118 Å². The summed E-state index contributed by atoms with van der Waals surface area (Å²) in [5.41, 5.74) is 1.51. The number of fused-ring (bicyclic) bond motifs is 1. The van der Waals surface area contributed by atoms with Crippen molar-refractivity contribution in [3.63, 3.8) is 0 Å². The van der Waals surface area contributed by atoms with Gasteiger partial charge in [-0.3, -0.25) is 14.0 Å². The average Bonchev–Trinajstić information content (AvgIpc) is 2.68. The quantitative estimate of drug-likeness (QED) is 0.916. The Bertz CT molecular complexity index is 663. The van der Waals surface area contributed by atoms with E-state index < -0.39 is 5.97 Å². The summed E-state index contributed by atoms with van der Waals surface area (Å²) in [6.45, 7) is 3.73. The SMILES string of the molecule is Cc1csc2nc(CSC(C)CC(=O)O)cc(=O)n12. The Hall–Kier alpha value is -1.34. The number of nitrogens with zero attached hydrogens (tertiary/aromatic N) is 2. The highest BCUT2D eigenvalue weighted by atomic mass is 32.2. The first-order chi connectivity index (χ1) is 8.97. The van der Waals surface area contributed by atoms with E-state index in [0.717, 1.165) is 5.69 Å². The summed E-state index contributed by atoms with van der Waals surface area (Å²) < 4.78 is 1.58. The van der Waals surface area contributed by atoms with Crippen LogP contribution < -0.4 is 5.56 Å². The molecule has 0 spiro atoms. The second kappa shape index (κ2) is 5.75. The van der Waals surface area contributed by atoms with Crippen molar-refractivity contribution in [2.24, 2.45) is 0 Å². The lowest BCUT2D eigenvalue weighted by atomic mass is 10.3. The molecule has 1 atom stereocenters. The summed E-state index contributed by atoms with van der Waals surface area (Å²) >= 11 is 2.93. The zero-order chi connectivity index (χ0) is 14.0. The lowest BCUT2D eigenvalue weighted by Gasteiger charge is -2.07. The van der Waals surface area contributed by atoms with Gasteiger partial charge in [0.15, 0.2) is 4.96 Å². The lowest BCUT2D eigenvalue weighted by molar-refractivity contribution is -0.136. The summed E-state index contributed by atoms with van der Waals surface area (Å²) in [5, 5.41) is 10.6. The Morgan fingerprint density at radius 1 is 1.63 bits per heavy atom. The lowest BCUT2D eigenvalue weighted by Crippen LogP contribution is -2.15. The number of carbonyl (C=O) groups is 1. The summed E-state index contributed by atoms with van der Waals surface area (Å²) in [5.74, 6) is -0.255. The number of carboxylic acid groups (broad SMARTS) is 1. The Morgan fingerprint density at radius 3 is 3.05 bits per heavy atom. The molecule has 19 heavy (non-hydrogen) atoms. The molecule has 0 aromatic carbocycles. The monoisotopic (exact) mass is 298 g/mol. The fourth-order valence-electron chi connectivity index (χ4n) is 1.71. The van der Waals surface area contributed by atoms with Gasteiger partial charge in [-0.25, -0.2) is 4.98 Å². The molecule has 0 amide bonds. The van der Waals surface area contributed by atoms with E-state index in [-0.39, 0.29) is 17.2 Å². The summed E-state index contributed by atoms with van der Waals surface area (Å²) in [6, 6.07) is 1.52. The maximum absolute atomic E-state index is 11.9. The summed E-state index contributed by atoms with van der Waals surface area (Å²) in [4.78, 5) is 27.6. The highest BCUT2D eigenvalue weighted by Crippen LogP contribution is 2.19. The van der Waals surface area contributed by atoms with Crippen LogP contribution in [-0.4, -0.2) is 25.7 Å². The van der Waals surface area contributed by atoms with Crippen LogP contribution in [0.15, 0.2) is 16.2 Å². The molecule has 2 aromatic heterocycles. The first-order valence-electron chi connectivity index (χ1n) is 5.77. The van der Waals surface area contributed by atoms with Crippen molar-refractivity contribution in [3.8, 4) is 0 Å². The number of thioether (sulfide) groups is 1. The van der Waals surface area contributed by atoms with Gasteiger partial charge in [-0.1, -0.05) is 6.92 Å². The maximum Gasteiger partial charge on any atom is 0.304 e. The fraction of sp³-hybridized carbons (Fsp3) is 0.417. The number of aromatic nitrogens is 2. The molecule has 1 N–H and O–H groups in total. The summed E-state index contributed by atoms with van der Waals surface area (Å²) in [7, 11) is 0. The van der Waals surface area contributed by atoms with Crippen molar-refractivity contribution in [2.45, 2.75) is 31.3 Å². The third kappa shape index (κ3) is 3.36. The second-order valence-corrected chi connectivity index (χ2v) is 6.56. The molecule has 0 aliphatic rings. The van der Waals surface area contributed by atoms with Gasteiger partial charge in [-0.15, -0.1) is 11.3 Å². The van der Waals surface area contributed by atoms with Gasteiger partial charge in [0.25, 0.3) is 5.56 Å². The largest absolute Gasteiger partial charge is 0.481 e. The third-order valence-corrected chi connectivity index (χ3v) is 4.75. The third-order valence-electron chi connectivity index (χ3n) is 2.61. The van der Waals surface area contributed by atoms with Crippen molar-refractivity contribution in [1.82, 2.24) is 9.38 Å². The minimum absolute atomic E-state index is 0.00261. The van der Waals surface area contributed by atoms with E-state index in [2.05, 4.69) is 4.98 Å². The molecule has 102 valence electrons. The zero-order valence-electron chi connectivity index (χ0n) is 10.6. The van der Waals surface area contributed by atoms with Crippen molar-refractivity contribution in [2.75, 3.05) is 0 Å². The van der Waals surface area contributed by atoms with Gasteiger partial charge >= 0.3 is 5.97 Å². The second-order valence-electron chi connectivity index (χ2n) is 4.30. The number of rotatable bonds is 5. The standard InChI is InChI=1S/C12H14N2O3S2/c1-7-5-19-12-13-9(4-10(15)14(7)12)6-18-8(2)3-11(16)17/h4-5,8H,3,6H2,1-2H3,(H,16,17). The van der Waals surface area contributed by atoms with Crippen LogP contribution in [0.3, 0.4) is 0 Å². The van der Waals surface area contributed by atoms with E-state index in [9.17, 15) is 9.59 Å². The van der Waals surface area contributed by atoms with Gasteiger partial charge in [0.1, 0.15) is 0 Å². The van der Waals surface area contributed by atoms with Gasteiger partial charge in [-0.05, 0) is 6.92 Å². The molecule has 2 aromatic rings. The molecular weight excluding hydrogens is 284 g/mol. The molecule has 1 unspecified atom stereocenters. The molecule has 0 saturated carbocycles. The molecule has 5 nitrogen and oxygen atoms in total. The van der Waals surface area contributed by atoms with Crippen LogP contribution in [0.2, 0.25) is 0 Å². The van der Waals surface area contributed by atoms with Crippen LogP contribution >= 0.6 is 23.1 Å². The normalized spacial score (nSPS) is 12.7. The number of aliphatic carboxylic acids is 1. The van der Waals surface area contributed by atoms with Gasteiger partial charge < -0.3 is 5.11 Å². The van der Waals surface area contributed by atoms with Gasteiger partial charge in [0, 0.05) is 28.1 Å². The number of hydrogen-bond donors (Lipinski definition) is 1. The van der Waals surface area contributed by atoms with Crippen LogP contribution in [0.25, 0.3) is 4.96 Å². The molecule has 7 heteroatoms. The predicted octanol–water partition coefficient (Wildman–Crippen LogP) is 2.16. The number of aryl methyl sites for hydroxylation is 1. The van der Waals surface area contributed by atoms with Crippen molar-refractivity contribution in [3.05, 3.63) is 33.2 Å². The highest BCUT2D eigenvalue weighted by molar-refractivity contribution is 7.99. The molecule has 2 rings (SSSR count). The highest BCUT2D eigenvalue weighted by Gasteiger charge is 2.10. The van der Waals surface area contributed by atoms with Crippen LogP contribution in [0.5, 0.6) is 0 Å². The van der Waals surface area contributed by atoms with E-state index in [1.807, 2.05) is 19.2 Å². The summed E-state index contributed by atoms with van der Waals surface area (Å²) in [6.07, 6.45) is 0.115. The van der Waals surface area contributed by atoms with Crippen LogP contribution in [0.4, 0.5) is 0 Å². The van der Waals surface area contributed by atoms with Crippen molar-refractivity contribution >= 4 is 34.0 Å². The zero-order valence-corrected chi connectivity index (χ0v) is 12.3. The fourth-order valence-corrected chi connectivity index (χ4v) is 3.46. The first kappa shape index (κ1) is 14.1. The first-order valence-corrected chi connectivity index (χ1v) is 7.70. The molecule has 0 aliphatic carbocycles. The van der Waals surface area contributed by atoms with Crippen molar-refractivity contribution < 1.29 is 9.90 Å². The molecular formula is C12H14N2O3S2. The van der Waals surface area contributed by atoms with Gasteiger partial charge in [0.05, 0.1) is 12.1 Å². The van der Waals surface area contributed by atoms with Crippen LogP contribution in [0.1, 0.15) is 24.7 Å². The number of thiazole rings is 1. The minimum atomic E-state index is -0.808. The van der Waals surface area contributed by atoms with Gasteiger partial charge in [0.2, 0.25) is 0 Å². The van der Waals surface area contributed by atoms with E-state index in [4.69, 9.17) is 5.11 Å². The van der Waals surface area contributed by atoms with E-state index in [1.54, 1.807) is 4.40 Å². The Kier molecular flexibility index (Phi) is 4.26. The predicted molar refractivity (Wildman–Crippen MR) is 77.1 cm³/mol. The average molecular weight is 298 g/mol. The smallest absolute Gasteiger partial charge is 0.304 e. The molecule has 0 fully saturated rings. The number of carboxylic acids is 1. The topological polar surface area (TPSA) is 71.7 Å². The van der Waals surface area contributed by atoms with Gasteiger partial charge in [-0.2, -0.15) is 11.8 Å². The van der Waals surface area contributed by atoms with E-state index >= 15 is 0 Å². The Balaban J connectivity index is 2.14. The van der Waals surface area contributed by atoms with E-state index in [0.29, 0.717) is 16.4 Å². The number of hydrogen-bond acceptors (Lipinski definition) is 5. The van der Waals surface area contributed by atoms with Crippen molar-refractivity contribution in [1.29, 1.82) is 0 Å². The molecule has 0 aliphatic heterocycles. The molecule has 0 saturated heterocycles. The maximum atomic E-state index is 11.9. The van der Waals surface area contributed by atoms with Crippen LogP contribution in [0, 0.1) is 6.92 Å². The minimum Gasteiger partial charge on any atom is -0.481 e. The van der Waals surface area contributed by atoms with E-state index in [1.165, 1.54) is 29.2 Å². The Morgan fingerprint density at radius 2 is 2.37 bits per heavy atom. The van der Waals surface area contributed by atoms with Crippen LogP contribution in [-0.2, 0) is 10.5 Å². The molecule has 2 heterocycles. The molecule has 0 bridgehead atoms.